The number of hydrogen-bond acceptors (Lipinski definition) is 6. The van der Waals surface area contributed by atoms with Crippen molar-refractivity contribution in [2.45, 2.75) is 136 Å². The lowest BCUT2D eigenvalue weighted by atomic mass is 9.53. The molecule has 9 heteroatoms. The zero-order valence-electron chi connectivity index (χ0n) is 30.2. The molecule has 3 unspecified atom stereocenters. The molecule has 0 saturated heterocycles. The van der Waals surface area contributed by atoms with Gasteiger partial charge in [-0.25, -0.2) is 11.2 Å². The van der Waals surface area contributed by atoms with Crippen molar-refractivity contribution >= 4 is 20.3 Å². The van der Waals surface area contributed by atoms with E-state index in [9.17, 15) is 9.59 Å². The summed E-state index contributed by atoms with van der Waals surface area (Å²) in [6, 6.07) is 8.34. The average molecular weight is 669 g/mol. The highest BCUT2D eigenvalue weighted by atomic mass is 31.2. The van der Waals surface area contributed by atoms with Crippen LogP contribution in [0.25, 0.3) is 4.85 Å². The number of fused-ring (bicyclic) bond motifs is 2. The third-order valence-corrected chi connectivity index (χ3v) is 13.3. The molecule has 1 aliphatic heterocycles. The number of unbranched alkanes of at least 4 members (excludes halogenated alkanes) is 3. The van der Waals surface area contributed by atoms with Gasteiger partial charge in [0.05, 0.1) is 17.2 Å². The minimum atomic E-state index is -1.23. The van der Waals surface area contributed by atoms with Crippen LogP contribution in [-0.4, -0.2) is 83.8 Å². The molecule has 3 aliphatic rings. The van der Waals surface area contributed by atoms with Gasteiger partial charge in [-0.05, 0) is 116 Å². The zero-order valence-corrected chi connectivity index (χ0v) is 31.1. The number of imide groups is 1. The van der Waals surface area contributed by atoms with Gasteiger partial charge in [-0.2, -0.15) is 0 Å². The van der Waals surface area contributed by atoms with Gasteiger partial charge in [0, 0.05) is 24.7 Å². The summed E-state index contributed by atoms with van der Waals surface area (Å²) in [6.07, 6.45) is 12.7. The molecule has 0 N–H and O–H groups in total. The van der Waals surface area contributed by atoms with Crippen LogP contribution < -0.4 is 0 Å². The first-order chi connectivity index (χ1) is 22.5. The Bertz CT molecular complexity index is 1180. The van der Waals surface area contributed by atoms with E-state index in [0.717, 1.165) is 45.1 Å². The number of carbonyl (C=O) groups excluding carboxylic acids is 2. The summed E-state index contributed by atoms with van der Waals surface area (Å²) in [5.74, 6) is 0.864. The first-order valence-electron chi connectivity index (χ1n) is 18.4. The molecular formula is C38H61N4O4P. The minimum absolute atomic E-state index is 0.145. The number of hydrogen-bond donors (Lipinski definition) is 0. The third-order valence-electron chi connectivity index (χ3n) is 11.1. The molecule has 1 aromatic rings. The largest absolute Gasteiger partial charge is 0.318 e. The molecule has 0 aromatic heterocycles. The molecule has 0 bridgehead atoms. The maximum atomic E-state index is 12.7. The van der Waals surface area contributed by atoms with E-state index in [2.05, 4.69) is 63.0 Å². The highest BCUT2D eigenvalue weighted by Gasteiger charge is 2.53. The number of rotatable bonds is 18. The van der Waals surface area contributed by atoms with Gasteiger partial charge < -0.3 is 18.8 Å². The van der Waals surface area contributed by atoms with Crippen LogP contribution in [-0.2, 0) is 9.05 Å². The lowest BCUT2D eigenvalue weighted by Crippen LogP contribution is -2.57. The Balaban J connectivity index is 1.32. The van der Waals surface area contributed by atoms with E-state index in [0.29, 0.717) is 60.8 Å². The molecule has 1 heterocycles. The molecule has 2 fully saturated rings. The Morgan fingerprint density at radius 3 is 2.30 bits per heavy atom. The van der Waals surface area contributed by atoms with Crippen molar-refractivity contribution in [3.8, 4) is 0 Å². The smallest absolute Gasteiger partial charge is 0.261 e. The van der Waals surface area contributed by atoms with Gasteiger partial charge in [0.15, 0.2) is 0 Å². The fraction of sp³-hybridized carbons (Fsp3) is 0.763. The lowest BCUT2D eigenvalue weighted by Gasteiger charge is -2.58. The highest BCUT2D eigenvalue weighted by Crippen LogP contribution is 2.58. The van der Waals surface area contributed by atoms with Crippen LogP contribution in [0.3, 0.4) is 0 Å². The predicted molar refractivity (Wildman–Crippen MR) is 191 cm³/mol. The summed E-state index contributed by atoms with van der Waals surface area (Å²) in [5.41, 5.74) is 1.35. The molecule has 0 radical (unpaired) electrons. The van der Waals surface area contributed by atoms with Crippen molar-refractivity contribution in [1.82, 2.24) is 14.5 Å². The van der Waals surface area contributed by atoms with Crippen molar-refractivity contribution < 1.29 is 18.6 Å². The van der Waals surface area contributed by atoms with Crippen molar-refractivity contribution in [1.29, 1.82) is 0 Å². The molecule has 2 saturated carbocycles. The van der Waals surface area contributed by atoms with Gasteiger partial charge in [-0.15, -0.1) is 0 Å². The van der Waals surface area contributed by atoms with E-state index < -0.39 is 8.53 Å². The van der Waals surface area contributed by atoms with Crippen LogP contribution in [0.2, 0.25) is 0 Å². The van der Waals surface area contributed by atoms with Crippen LogP contribution in [0, 0.1) is 23.8 Å². The van der Waals surface area contributed by atoms with E-state index in [1.165, 1.54) is 37.0 Å². The fourth-order valence-corrected chi connectivity index (χ4v) is 10.8. The Labute approximate surface area is 286 Å². The summed E-state index contributed by atoms with van der Waals surface area (Å²) in [6.45, 7) is 23.4. The maximum absolute atomic E-state index is 12.7. The lowest BCUT2D eigenvalue weighted by molar-refractivity contribution is -0.0996. The molecule has 0 spiro atoms. The second-order valence-electron chi connectivity index (χ2n) is 14.9. The van der Waals surface area contributed by atoms with Crippen molar-refractivity contribution in [2.24, 2.45) is 17.3 Å². The Morgan fingerprint density at radius 2 is 1.68 bits per heavy atom. The molecular weight excluding hydrogens is 607 g/mol. The maximum Gasteiger partial charge on any atom is 0.261 e. The topological polar surface area (TPSA) is 66.7 Å². The van der Waals surface area contributed by atoms with Crippen LogP contribution in [0.4, 0.5) is 0 Å². The number of benzene rings is 1. The van der Waals surface area contributed by atoms with Crippen molar-refractivity contribution in [3.05, 3.63) is 46.8 Å². The molecule has 6 atom stereocenters. The average Bonchev–Trinajstić information content (AvgIpc) is 3.28. The summed E-state index contributed by atoms with van der Waals surface area (Å²) in [5, 5.41) is 0. The Morgan fingerprint density at radius 1 is 1.02 bits per heavy atom. The number of carbonyl (C=O) groups is 2. The first-order valence-corrected chi connectivity index (χ1v) is 19.5. The van der Waals surface area contributed by atoms with E-state index >= 15 is 0 Å². The van der Waals surface area contributed by atoms with E-state index in [1.807, 2.05) is 12.1 Å². The summed E-state index contributed by atoms with van der Waals surface area (Å²) in [7, 11) is 1.10. The second-order valence-corrected chi connectivity index (χ2v) is 16.3. The van der Waals surface area contributed by atoms with Crippen LogP contribution in [0.15, 0.2) is 24.3 Å². The van der Waals surface area contributed by atoms with Gasteiger partial charge in [-0.3, -0.25) is 14.5 Å². The van der Waals surface area contributed by atoms with Crippen molar-refractivity contribution in [2.75, 3.05) is 33.3 Å². The number of nitrogens with zero attached hydrogens (tertiary/aromatic N) is 4. The quantitative estimate of drug-likeness (QED) is 0.0674. The van der Waals surface area contributed by atoms with E-state index in [4.69, 9.17) is 15.6 Å². The highest BCUT2D eigenvalue weighted by molar-refractivity contribution is 7.44. The van der Waals surface area contributed by atoms with Crippen LogP contribution in [0.5, 0.6) is 0 Å². The molecule has 1 aromatic carbocycles. The predicted octanol–water partition coefficient (Wildman–Crippen LogP) is 8.83. The van der Waals surface area contributed by atoms with Gasteiger partial charge in [-0.1, -0.05) is 51.7 Å². The summed E-state index contributed by atoms with van der Waals surface area (Å²) >= 11 is 0. The summed E-state index contributed by atoms with van der Waals surface area (Å²) < 4.78 is 15.8. The first kappa shape index (κ1) is 37.9. The molecule has 2 amide bonds. The van der Waals surface area contributed by atoms with E-state index in [1.54, 1.807) is 12.1 Å². The second kappa shape index (κ2) is 17.7. The Kier molecular flexibility index (Phi) is 14.3. The fourth-order valence-electron chi connectivity index (χ4n) is 8.98. The molecule has 4 rings (SSSR count). The minimum Gasteiger partial charge on any atom is -0.318 e. The van der Waals surface area contributed by atoms with Crippen LogP contribution >= 0.6 is 8.53 Å². The van der Waals surface area contributed by atoms with Crippen LogP contribution in [0.1, 0.15) is 133 Å². The van der Waals surface area contributed by atoms with Gasteiger partial charge in [0.2, 0.25) is 6.54 Å². The monoisotopic (exact) mass is 668 g/mol. The SMILES string of the molecule is [C-]#[N+]CCOP(OC1CC[C@]2(C)C(N(C)CCCCCCN3C(=O)c4ccccc4C3=O)CCC[C@H]2[C@@H]1CCC)N(C(C)C)C(C)C. The van der Waals surface area contributed by atoms with Gasteiger partial charge in [0.25, 0.3) is 20.3 Å². The summed E-state index contributed by atoms with van der Waals surface area (Å²) in [4.78, 5) is 33.0. The van der Waals surface area contributed by atoms with E-state index in [-0.39, 0.29) is 23.3 Å². The normalized spacial score (nSPS) is 26.7. The van der Waals surface area contributed by atoms with Crippen molar-refractivity contribution in [3.63, 3.8) is 0 Å². The molecule has 2 aliphatic carbocycles. The Hall–Kier alpha value is -1.88. The zero-order chi connectivity index (χ0) is 34.1. The number of amides is 2. The van der Waals surface area contributed by atoms with Gasteiger partial charge in [0.1, 0.15) is 6.61 Å². The van der Waals surface area contributed by atoms with Gasteiger partial charge >= 0.3 is 0 Å². The third kappa shape index (κ3) is 8.84. The molecule has 262 valence electrons. The standard InChI is InChI=1S/C38H61N4O4P/c1-9-17-32-33-20-16-21-35(38(33,6)23-22-34(32)46-47(45-27-24-39-7)42(28(2)3)29(4)5)40(8)25-14-10-11-15-26-41-36(43)30-18-12-13-19-31(30)37(41)44/h12-13,18-19,28-29,32-35H,9-11,14-17,20-27H2,1-6,8H3/t32-,33-,34?,35?,38-,47?/m0/s1. The molecule has 47 heavy (non-hydrogen) atoms. The molecule has 8 nitrogen and oxygen atoms in total.